The lowest BCUT2D eigenvalue weighted by Gasteiger charge is -2.20. The molecule has 0 saturated carbocycles. The SMILES string of the molecule is CC1(O)CCc2cc3ccccc3n21. The van der Waals surface area contributed by atoms with Crippen molar-refractivity contribution in [1.82, 2.24) is 4.57 Å². The largest absolute Gasteiger partial charge is 0.371 e. The Morgan fingerprint density at radius 1 is 1.36 bits per heavy atom. The van der Waals surface area contributed by atoms with Gasteiger partial charge < -0.3 is 9.67 Å². The van der Waals surface area contributed by atoms with E-state index < -0.39 is 5.72 Å². The van der Waals surface area contributed by atoms with Crippen LogP contribution in [-0.4, -0.2) is 9.67 Å². The minimum Gasteiger partial charge on any atom is -0.371 e. The highest BCUT2D eigenvalue weighted by molar-refractivity contribution is 5.81. The third-order valence-electron chi connectivity index (χ3n) is 3.12. The van der Waals surface area contributed by atoms with E-state index in [0.29, 0.717) is 0 Å². The third-order valence-corrected chi connectivity index (χ3v) is 3.12. The molecule has 72 valence electrons. The van der Waals surface area contributed by atoms with Gasteiger partial charge in [-0.2, -0.15) is 0 Å². The molecule has 14 heavy (non-hydrogen) atoms. The Balaban J connectivity index is 2.41. The molecule has 0 radical (unpaired) electrons. The summed E-state index contributed by atoms with van der Waals surface area (Å²) in [5.41, 5.74) is 1.69. The highest BCUT2D eigenvalue weighted by Gasteiger charge is 2.32. The van der Waals surface area contributed by atoms with Crippen molar-refractivity contribution in [2.45, 2.75) is 25.5 Å². The predicted molar refractivity (Wildman–Crippen MR) is 56.1 cm³/mol. The molecule has 2 nitrogen and oxygen atoms in total. The molecule has 0 saturated heterocycles. The second-order valence-corrected chi connectivity index (χ2v) is 4.25. The molecule has 0 amide bonds. The van der Waals surface area contributed by atoms with Crippen LogP contribution in [0, 0.1) is 0 Å². The highest BCUT2D eigenvalue weighted by atomic mass is 16.3. The van der Waals surface area contributed by atoms with Crippen molar-refractivity contribution >= 4 is 10.9 Å². The van der Waals surface area contributed by atoms with E-state index in [4.69, 9.17) is 0 Å². The van der Waals surface area contributed by atoms with Crippen LogP contribution in [0.1, 0.15) is 19.0 Å². The summed E-state index contributed by atoms with van der Waals surface area (Å²) in [6, 6.07) is 10.4. The van der Waals surface area contributed by atoms with Crippen LogP contribution in [0.25, 0.3) is 10.9 Å². The lowest BCUT2D eigenvalue weighted by Crippen LogP contribution is -2.24. The number of hydrogen-bond donors (Lipinski definition) is 1. The first-order chi connectivity index (χ1) is 6.68. The Bertz CT molecular complexity index is 496. The molecule has 0 bridgehead atoms. The number of para-hydroxylation sites is 1. The van der Waals surface area contributed by atoms with Crippen LogP contribution in [0.4, 0.5) is 0 Å². The van der Waals surface area contributed by atoms with E-state index in [1.165, 1.54) is 11.1 Å². The van der Waals surface area contributed by atoms with Crippen molar-refractivity contribution in [2.24, 2.45) is 0 Å². The summed E-state index contributed by atoms with van der Waals surface area (Å²) in [6.45, 7) is 1.88. The third kappa shape index (κ3) is 0.891. The van der Waals surface area contributed by atoms with Gasteiger partial charge in [-0.1, -0.05) is 18.2 Å². The Hall–Kier alpha value is -1.28. The van der Waals surface area contributed by atoms with Gasteiger partial charge in [0.2, 0.25) is 0 Å². The van der Waals surface area contributed by atoms with Crippen molar-refractivity contribution in [3.63, 3.8) is 0 Å². The first-order valence-corrected chi connectivity index (χ1v) is 5.01. The van der Waals surface area contributed by atoms with Gasteiger partial charge in [-0.05, 0) is 30.9 Å². The number of benzene rings is 1. The monoisotopic (exact) mass is 187 g/mol. The Kier molecular flexibility index (Phi) is 1.38. The van der Waals surface area contributed by atoms with Gasteiger partial charge in [0.1, 0.15) is 5.72 Å². The Labute approximate surface area is 82.8 Å². The summed E-state index contributed by atoms with van der Waals surface area (Å²) in [5.74, 6) is 0. The summed E-state index contributed by atoms with van der Waals surface area (Å²) < 4.78 is 2.06. The van der Waals surface area contributed by atoms with E-state index in [1.54, 1.807) is 0 Å². The maximum absolute atomic E-state index is 10.2. The van der Waals surface area contributed by atoms with Crippen molar-refractivity contribution in [3.05, 3.63) is 36.0 Å². The fraction of sp³-hybridized carbons (Fsp3) is 0.333. The van der Waals surface area contributed by atoms with Crippen LogP contribution in [0.3, 0.4) is 0 Å². The zero-order valence-corrected chi connectivity index (χ0v) is 8.20. The van der Waals surface area contributed by atoms with E-state index in [9.17, 15) is 5.11 Å². The zero-order chi connectivity index (χ0) is 9.76. The molecule has 2 heteroatoms. The topological polar surface area (TPSA) is 25.2 Å². The minimum atomic E-state index is -0.696. The number of aliphatic hydroxyl groups is 1. The average Bonchev–Trinajstić information content (AvgIpc) is 2.65. The van der Waals surface area contributed by atoms with E-state index in [-0.39, 0.29) is 0 Å². The molecular weight excluding hydrogens is 174 g/mol. The average molecular weight is 187 g/mol. The number of nitrogens with zero attached hydrogens (tertiary/aromatic N) is 1. The number of aryl methyl sites for hydroxylation is 1. The fourth-order valence-electron chi connectivity index (χ4n) is 2.44. The normalized spacial score (nSPS) is 25.6. The minimum absolute atomic E-state index is 0.696. The van der Waals surface area contributed by atoms with Gasteiger partial charge in [-0.3, -0.25) is 0 Å². The number of rotatable bonds is 0. The molecule has 3 rings (SSSR count). The first-order valence-electron chi connectivity index (χ1n) is 5.01. The molecule has 1 unspecified atom stereocenters. The molecule has 1 N–H and O–H groups in total. The van der Waals surface area contributed by atoms with Crippen LogP contribution in [0.15, 0.2) is 30.3 Å². The summed E-state index contributed by atoms with van der Waals surface area (Å²) in [4.78, 5) is 0. The summed E-state index contributed by atoms with van der Waals surface area (Å²) in [5, 5.41) is 11.4. The molecule has 1 aromatic heterocycles. The van der Waals surface area contributed by atoms with Gasteiger partial charge in [-0.15, -0.1) is 0 Å². The molecule has 0 aliphatic carbocycles. The van der Waals surface area contributed by atoms with Gasteiger partial charge in [0, 0.05) is 12.1 Å². The Morgan fingerprint density at radius 2 is 2.14 bits per heavy atom. The lowest BCUT2D eigenvalue weighted by atomic mass is 10.1. The molecular formula is C12H13NO. The van der Waals surface area contributed by atoms with E-state index in [1.807, 2.05) is 19.1 Å². The first kappa shape index (κ1) is 8.06. The molecule has 1 aliphatic rings. The van der Waals surface area contributed by atoms with Crippen LogP contribution < -0.4 is 0 Å². The number of aromatic nitrogens is 1. The Morgan fingerprint density at radius 3 is 3.00 bits per heavy atom. The molecule has 0 fully saturated rings. The van der Waals surface area contributed by atoms with E-state index in [0.717, 1.165) is 18.4 Å². The van der Waals surface area contributed by atoms with Crippen molar-refractivity contribution in [1.29, 1.82) is 0 Å². The van der Waals surface area contributed by atoms with Gasteiger partial charge in [0.25, 0.3) is 0 Å². The quantitative estimate of drug-likeness (QED) is 0.672. The summed E-state index contributed by atoms with van der Waals surface area (Å²) in [7, 11) is 0. The van der Waals surface area contributed by atoms with Gasteiger partial charge >= 0.3 is 0 Å². The van der Waals surface area contributed by atoms with E-state index >= 15 is 0 Å². The molecule has 1 atom stereocenters. The van der Waals surface area contributed by atoms with E-state index in [2.05, 4.69) is 22.8 Å². The smallest absolute Gasteiger partial charge is 0.139 e. The number of fused-ring (bicyclic) bond motifs is 3. The second-order valence-electron chi connectivity index (χ2n) is 4.25. The zero-order valence-electron chi connectivity index (χ0n) is 8.20. The van der Waals surface area contributed by atoms with Crippen LogP contribution in [0.5, 0.6) is 0 Å². The lowest BCUT2D eigenvalue weighted by molar-refractivity contribution is -0.00571. The van der Waals surface area contributed by atoms with Crippen LogP contribution in [-0.2, 0) is 12.1 Å². The molecule has 2 heterocycles. The van der Waals surface area contributed by atoms with Crippen molar-refractivity contribution in [3.8, 4) is 0 Å². The summed E-state index contributed by atoms with van der Waals surface area (Å²) >= 11 is 0. The van der Waals surface area contributed by atoms with Crippen LogP contribution in [0.2, 0.25) is 0 Å². The van der Waals surface area contributed by atoms with Crippen molar-refractivity contribution in [2.75, 3.05) is 0 Å². The fourth-order valence-corrected chi connectivity index (χ4v) is 2.44. The molecule has 1 aliphatic heterocycles. The van der Waals surface area contributed by atoms with Crippen LogP contribution >= 0.6 is 0 Å². The molecule has 1 aromatic carbocycles. The van der Waals surface area contributed by atoms with Gasteiger partial charge in [-0.25, -0.2) is 0 Å². The summed E-state index contributed by atoms with van der Waals surface area (Å²) in [6.07, 6.45) is 1.80. The standard InChI is InChI=1S/C12H13NO/c1-12(14)7-6-10-8-9-4-2-3-5-11(9)13(10)12/h2-5,8,14H,6-7H2,1H3. The number of hydrogen-bond acceptors (Lipinski definition) is 1. The molecule has 2 aromatic rings. The van der Waals surface area contributed by atoms with Gasteiger partial charge in [0.05, 0.1) is 5.52 Å². The van der Waals surface area contributed by atoms with Gasteiger partial charge in [0.15, 0.2) is 0 Å². The maximum Gasteiger partial charge on any atom is 0.139 e. The highest BCUT2D eigenvalue weighted by Crippen LogP contribution is 2.35. The second kappa shape index (κ2) is 2.39. The van der Waals surface area contributed by atoms with Crippen molar-refractivity contribution < 1.29 is 5.11 Å². The molecule has 0 spiro atoms. The predicted octanol–water partition coefficient (Wildman–Crippen LogP) is 2.25. The maximum atomic E-state index is 10.2.